The van der Waals surface area contributed by atoms with E-state index in [1.165, 1.54) is 0 Å². The van der Waals surface area contributed by atoms with Gasteiger partial charge in [-0.15, -0.1) is 0 Å². The Kier molecular flexibility index (Phi) is 2.38. The molecule has 0 aromatic heterocycles. The summed E-state index contributed by atoms with van der Waals surface area (Å²) in [5, 5.41) is 1.55. The summed E-state index contributed by atoms with van der Waals surface area (Å²) in [4.78, 5) is 0. The summed E-state index contributed by atoms with van der Waals surface area (Å²) in [6, 6.07) is 0. The van der Waals surface area contributed by atoms with E-state index in [1.54, 1.807) is 6.08 Å². The molecule has 0 N–H and O–H groups in total. The lowest BCUT2D eigenvalue weighted by atomic mass is 10.4. The van der Waals surface area contributed by atoms with Crippen LogP contribution in [0.2, 0.25) is 0 Å². The molecule has 2 heteroatoms. The van der Waals surface area contributed by atoms with Gasteiger partial charge in [0.1, 0.15) is 0 Å². The Labute approximate surface area is 64.5 Å². The first-order chi connectivity index (χ1) is 4.29. The molecule has 0 radical (unpaired) electrons. The van der Waals surface area contributed by atoms with Crippen LogP contribution in [0.25, 0.3) is 0 Å². The minimum Gasteiger partial charge on any atom is -0.0888 e. The van der Waals surface area contributed by atoms with Crippen LogP contribution >= 0.6 is 23.2 Å². The average molecular weight is 161 g/mol. The number of hydrogen-bond acceptors (Lipinski definition) is 0. The fourth-order valence-corrected chi connectivity index (χ4v) is 0.882. The van der Waals surface area contributed by atoms with E-state index in [0.717, 1.165) is 16.5 Å². The standard InChI is InChI=1S/C7H6Cl2/c8-6-2-1-3-7(9)5-4-6/h1-2,4-5H,3H2. The first-order valence-electron chi connectivity index (χ1n) is 2.67. The SMILES string of the molecule is ClC1=CC=C(Cl)CC=C1. The Hall–Kier alpha value is -0.200. The number of halogens is 2. The van der Waals surface area contributed by atoms with E-state index in [-0.39, 0.29) is 0 Å². The third kappa shape index (κ3) is 2.25. The van der Waals surface area contributed by atoms with Gasteiger partial charge in [0.05, 0.1) is 0 Å². The summed E-state index contributed by atoms with van der Waals surface area (Å²) in [6.45, 7) is 0. The largest absolute Gasteiger partial charge is 0.0888 e. The molecule has 1 aliphatic carbocycles. The lowest BCUT2D eigenvalue weighted by Crippen LogP contribution is -1.61. The maximum atomic E-state index is 5.69. The van der Waals surface area contributed by atoms with Gasteiger partial charge in [0, 0.05) is 16.5 Å². The lowest BCUT2D eigenvalue weighted by molar-refractivity contribution is 1.36. The lowest BCUT2D eigenvalue weighted by Gasteiger charge is -1.83. The van der Waals surface area contributed by atoms with Crippen molar-refractivity contribution in [3.8, 4) is 0 Å². The normalized spacial score (nSPS) is 18.4. The maximum Gasteiger partial charge on any atom is 0.0403 e. The van der Waals surface area contributed by atoms with Crippen molar-refractivity contribution in [2.24, 2.45) is 0 Å². The van der Waals surface area contributed by atoms with E-state index < -0.39 is 0 Å². The highest BCUT2D eigenvalue weighted by Crippen LogP contribution is 2.15. The molecule has 0 saturated heterocycles. The van der Waals surface area contributed by atoms with E-state index >= 15 is 0 Å². The Morgan fingerprint density at radius 1 is 1.22 bits per heavy atom. The van der Waals surface area contributed by atoms with Gasteiger partial charge in [0.25, 0.3) is 0 Å². The smallest absolute Gasteiger partial charge is 0.0403 e. The molecule has 0 fully saturated rings. The summed E-state index contributed by atoms with van der Waals surface area (Å²) in [7, 11) is 0. The highest BCUT2D eigenvalue weighted by molar-refractivity contribution is 6.32. The molecule has 0 aromatic carbocycles. The molecule has 0 spiro atoms. The molecule has 0 aromatic rings. The van der Waals surface area contributed by atoms with Crippen molar-refractivity contribution in [2.75, 3.05) is 0 Å². The van der Waals surface area contributed by atoms with Gasteiger partial charge in [0.15, 0.2) is 0 Å². The molecule has 0 saturated carbocycles. The van der Waals surface area contributed by atoms with Crippen molar-refractivity contribution in [3.63, 3.8) is 0 Å². The molecule has 0 bridgehead atoms. The summed E-state index contributed by atoms with van der Waals surface area (Å²) < 4.78 is 0. The second kappa shape index (κ2) is 3.09. The molecule has 0 aliphatic heterocycles. The fraction of sp³-hybridized carbons (Fsp3) is 0.143. The van der Waals surface area contributed by atoms with Crippen LogP contribution in [-0.2, 0) is 0 Å². The highest BCUT2D eigenvalue weighted by Gasteiger charge is 1.91. The topological polar surface area (TPSA) is 0 Å². The molecule has 1 aliphatic rings. The Morgan fingerprint density at radius 3 is 2.78 bits per heavy atom. The van der Waals surface area contributed by atoms with Crippen molar-refractivity contribution in [1.29, 1.82) is 0 Å². The van der Waals surface area contributed by atoms with Gasteiger partial charge in [-0.2, -0.15) is 0 Å². The zero-order valence-electron chi connectivity index (χ0n) is 4.77. The molecular weight excluding hydrogens is 155 g/mol. The monoisotopic (exact) mass is 160 g/mol. The Bertz CT molecular complexity index is 187. The minimum atomic E-state index is 0.727. The Balaban J connectivity index is 2.80. The predicted molar refractivity (Wildman–Crippen MR) is 41.6 cm³/mol. The van der Waals surface area contributed by atoms with Gasteiger partial charge >= 0.3 is 0 Å². The van der Waals surface area contributed by atoms with Crippen molar-refractivity contribution in [2.45, 2.75) is 6.42 Å². The number of rotatable bonds is 0. The minimum absolute atomic E-state index is 0.727. The fourth-order valence-electron chi connectivity index (χ4n) is 0.578. The van der Waals surface area contributed by atoms with Gasteiger partial charge < -0.3 is 0 Å². The molecule has 0 nitrogen and oxygen atoms in total. The van der Waals surface area contributed by atoms with Crippen LogP contribution in [0.15, 0.2) is 34.4 Å². The van der Waals surface area contributed by atoms with Crippen LogP contribution < -0.4 is 0 Å². The predicted octanol–water partition coefficient (Wildman–Crippen LogP) is 3.19. The van der Waals surface area contributed by atoms with Gasteiger partial charge in [-0.3, -0.25) is 0 Å². The van der Waals surface area contributed by atoms with Crippen LogP contribution in [0, 0.1) is 0 Å². The second-order valence-electron chi connectivity index (χ2n) is 1.77. The maximum absolute atomic E-state index is 5.69. The quantitative estimate of drug-likeness (QED) is 0.511. The van der Waals surface area contributed by atoms with E-state index in [9.17, 15) is 0 Å². The van der Waals surface area contributed by atoms with Gasteiger partial charge in [-0.05, 0) is 18.2 Å². The summed E-state index contributed by atoms with van der Waals surface area (Å²) in [5.74, 6) is 0. The molecule has 48 valence electrons. The molecule has 0 atom stereocenters. The van der Waals surface area contributed by atoms with E-state index in [0.29, 0.717) is 0 Å². The van der Waals surface area contributed by atoms with Gasteiger partial charge in [-0.1, -0.05) is 29.3 Å². The Morgan fingerprint density at radius 2 is 2.00 bits per heavy atom. The summed E-state index contributed by atoms with van der Waals surface area (Å²) >= 11 is 11.4. The van der Waals surface area contributed by atoms with E-state index in [2.05, 4.69) is 0 Å². The van der Waals surface area contributed by atoms with Gasteiger partial charge in [0.2, 0.25) is 0 Å². The van der Waals surface area contributed by atoms with Crippen LogP contribution in [0.1, 0.15) is 6.42 Å². The van der Waals surface area contributed by atoms with Crippen molar-refractivity contribution in [1.82, 2.24) is 0 Å². The molecule has 0 amide bonds. The van der Waals surface area contributed by atoms with Crippen molar-refractivity contribution >= 4 is 23.2 Å². The summed E-state index contributed by atoms with van der Waals surface area (Å²) in [5.41, 5.74) is 0. The molecule has 0 heterocycles. The highest BCUT2D eigenvalue weighted by atomic mass is 35.5. The van der Waals surface area contributed by atoms with Crippen LogP contribution in [0.3, 0.4) is 0 Å². The van der Waals surface area contributed by atoms with Crippen LogP contribution in [0.4, 0.5) is 0 Å². The van der Waals surface area contributed by atoms with Crippen LogP contribution in [-0.4, -0.2) is 0 Å². The first-order valence-corrected chi connectivity index (χ1v) is 3.43. The third-order valence-corrected chi connectivity index (χ3v) is 1.55. The van der Waals surface area contributed by atoms with Gasteiger partial charge in [-0.25, -0.2) is 0 Å². The number of allylic oxidation sites excluding steroid dienone is 6. The van der Waals surface area contributed by atoms with E-state index in [1.807, 2.05) is 18.2 Å². The van der Waals surface area contributed by atoms with Crippen molar-refractivity contribution in [3.05, 3.63) is 34.4 Å². The third-order valence-electron chi connectivity index (χ3n) is 1.01. The zero-order valence-corrected chi connectivity index (χ0v) is 6.28. The average Bonchev–Trinajstić information content (AvgIpc) is 1.97. The zero-order chi connectivity index (χ0) is 6.69. The second-order valence-corrected chi connectivity index (χ2v) is 2.69. The number of hydrogen-bond donors (Lipinski definition) is 0. The molecular formula is C7H6Cl2. The first kappa shape index (κ1) is 6.91. The molecule has 9 heavy (non-hydrogen) atoms. The summed E-state index contributed by atoms with van der Waals surface area (Å²) in [6.07, 6.45) is 8.16. The molecule has 0 unspecified atom stereocenters. The van der Waals surface area contributed by atoms with E-state index in [4.69, 9.17) is 23.2 Å². The molecule has 1 rings (SSSR count). The van der Waals surface area contributed by atoms with Crippen molar-refractivity contribution < 1.29 is 0 Å². The van der Waals surface area contributed by atoms with Crippen LogP contribution in [0.5, 0.6) is 0 Å².